The Morgan fingerprint density at radius 3 is 2.53 bits per heavy atom. The molecular weight excluding hydrogens is 212 g/mol. The Kier molecular flexibility index (Phi) is 2.33. The van der Waals surface area contributed by atoms with Gasteiger partial charge in [-0.1, -0.05) is 42.5 Å². The topological polar surface area (TPSA) is 22.4 Å². The first-order chi connectivity index (χ1) is 8.40. The molecule has 3 rings (SSSR count). The number of rotatable bonds is 2. The van der Waals surface area contributed by atoms with E-state index in [4.69, 9.17) is 9.15 Å². The minimum Gasteiger partial charge on any atom is -0.493 e. The maximum Gasteiger partial charge on any atom is 0.176 e. The van der Waals surface area contributed by atoms with Gasteiger partial charge in [0, 0.05) is 10.9 Å². The first-order valence-corrected chi connectivity index (χ1v) is 5.50. The molecule has 2 heteroatoms. The van der Waals surface area contributed by atoms with Gasteiger partial charge in [0.05, 0.1) is 13.4 Å². The summed E-state index contributed by atoms with van der Waals surface area (Å²) in [6.45, 7) is 0. The van der Waals surface area contributed by atoms with Crippen molar-refractivity contribution in [1.82, 2.24) is 0 Å². The van der Waals surface area contributed by atoms with Crippen molar-refractivity contribution in [3.8, 4) is 16.9 Å². The van der Waals surface area contributed by atoms with Crippen LogP contribution < -0.4 is 4.74 Å². The van der Waals surface area contributed by atoms with E-state index in [-0.39, 0.29) is 0 Å². The van der Waals surface area contributed by atoms with E-state index in [1.165, 1.54) is 0 Å². The molecule has 0 bridgehead atoms. The lowest BCUT2D eigenvalue weighted by atomic mass is 10.0. The Bertz CT molecular complexity index is 638. The van der Waals surface area contributed by atoms with Gasteiger partial charge in [0.15, 0.2) is 11.3 Å². The van der Waals surface area contributed by atoms with E-state index in [0.29, 0.717) is 0 Å². The van der Waals surface area contributed by atoms with Crippen LogP contribution in [-0.4, -0.2) is 7.11 Å². The third-order valence-electron chi connectivity index (χ3n) is 2.87. The lowest BCUT2D eigenvalue weighted by molar-refractivity contribution is 0.410. The molecule has 2 aromatic carbocycles. The number of hydrogen-bond donors (Lipinski definition) is 0. The van der Waals surface area contributed by atoms with Crippen LogP contribution in [0.2, 0.25) is 0 Å². The molecule has 0 aliphatic heterocycles. The maximum absolute atomic E-state index is 5.60. The first-order valence-electron chi connectivity index (χ1n) is 5.50. The molecule has 0 saturated heterocycles. The normalized spacial score (nSPS) is 10.6. The third-order valence-corrected chi connectivity index (χ3v) is 2.87. The molecule has 0 aliphatic rings. The zero-order valence-corrected chi connectivity index (χ0v) is 9.51. The minimum absolute atomic E-state index is 0.768. The standard InChI is InChI=1S/C15H12O2/c1-16-14-9-5-8-12-13(10-17-15(12)14)11-6-3-2-4-7-11/h2-10H,1H3. The second-order valence-electron chi connectivity index (χ2n) is 3.85. The minimum atomic E-state index is 0.768. The largest absolute Gasteiger partial charge is 0.493 e. The van der Waals surface area contributed by atoms with Crippen LogP contribution in [0.15, 0.2) is 59.2 Å². The predicted octanol–water partition coefficient (Wildman–Crippen LogP) is 4.11. The first kappa shape index (κ1) is 9.97. The maximum atomic E-state index is 5.60. The van der Waals surface area contributed by atoms with Crippen molar-refractivity contribution < 1.29 is 9.15 Å². The van der Waals surface area contributed by atoms with Gasteiger partial charge >= 0.3 is 0 Å². The molecule has 0 spiro atoms. The van der Waals surface area contributed by atoms with Gasteiger partial charge in [-0.05, 0) is 11.6 Å². The second-order valence-corrected chi connectivity index (χ2v) is 3.85. The summed E-state index contributed by atoms with van der Waals surface area (Å²) in [4.78, 5) is 0. The summed E-state index contributed by atoms with van der Waals surface area (Å²) in [5.41, 5.74) is 3.05. The summed E-state index contributed by atoms with van der Waals surface area (Å²) in [5.74, 6) is 0.768. The quantitative estimate of drug-likeness (QED) is 0.653. The average molecular weight is 224 g/mol. The van der Waals surface area contributed by atoms with Crippen molar-refractivity contribution in [2.24, 2.45) is 0 Å². The van der Waals surface area contributed by atoms with E-state index < -0.39 is 0 Å². The van der Waals surface area contributed by atoms with Crippen molar-refractivity contribution >= 4 is 11.0 Å². The molecule has 0 N–H and O–H groups in total. The van der Waals surface area contributed by atoms with E-state index in [1.54, 1.807) is 13.4 Å². The second kappa shape index (κ2) is 3.98. The van der Waals surface area contributed by atoms with E-state index in [9.17, 15) is 0 Å². The molecule has 2 nitrogen and oxygen atoms in total. The Morgan fingerprint density at radius 2 is 1.76 bits per heavy atom. The number of ether oxygens (including phenoxy) is 1. The lowest BCUT2D eigenvalue weighted by Crippen LogP contribution is -1.82. The van der Waals surface area contributed by atoms with E-state index in [0.717, 1.165) is 27.8 Å². The van der Waals surface area contributed by atoms with Gasteiger partial charge in [0.1, 0.15) is 0 Å². The predicted molar refractivity (Wildman–Crippen MR) is 68.2 cm³/mol. The Labute approximate surface area is 99.4 Å². The highest BCUT2D eigenvalue weighted by molar-refractivity contribution is 5.96. The highest BCUT2D eigenvalue weighted by Gasteiger charge is 2.10. The van der Waals surface area contributed by atoms with Gasteiger partial charge in [-0.15, -0.1) is 0 Å². The summed E-state index contributed by atoms with van der Waals surface area (Å²) in [5, 5.41) is 1.08. The number of hydrogen-bond acceptors (Lipinski definition) is 2. The van der Waals surface area contributed by atoms with Crippen LogP contribution in [0.4, 0.5) is 0 Å². The van der Waals surface area contributed by atoms with Crippen LogP contribution in [0.1, 0.15) is 0 Å². The zero-order chi connectivity index (χ0) is 11.7. The van der Waals surface area contributed by atoms with Gasteiger partial charge in [0.25, 0.3) is 0 Å². The molecule has 0 atom stereocenters. The summed E-state index contributed by atoms with van der Waals surface area (Å²) >= 11 is 0. The molecule has 0 aliphatic carbocycles. The molecule has 1 heterocycles. The monoisotopic (exact) mass is 224 g/mol. The Balaban J connectivity index is 2.26. The van der Waals surface area contributed by atoms with Crippen LogP contribution in [-0.2, 0) is 0 Å². The van der Waals surface area contributed by atoms with Gasteiger partial charge in [-0.2, -0.15) is 0 Å². The van der Waals surface area contributed by atoms with E-state index in [2.05, 4.69) is 12.1 Å². The fourth-order valence-electron chi connectivity index (χ4n) is 2.03. The molecule has 3 aromatic rings. The highest BCUT2D eigenvalue weighted by atomic mass is 16.5. The van der Waals surface area contributed by atoms with Crippen molar-refractivity contribution in [2.75, 3.05) is 7.11 Å². The van der Waals surface area contributed by atoms with Crippen molar-refractivity contribution in [2.45, 2.75) is 0 Å². The number of fused-ring (bicyclic) bond motifs is 1. The smallest absolute Gasteiger partial charge is 0.176 e. The van der Waals surface area contributed by atoms with Crippen LogP contribution in [0.3, 0.4) is 0 Å². The van der Waals surface area contributed by atoms with Gasteiger partial charge in [-0.3, -0.25) is 0 Å². The molecule has 0 amide bonds. The highest BCUT2D eigenvalue weighted by Crippen LogP contribution is 2.35. The third kappa shape index (κ3) is 1.58. The molecule has 1 aromatic heterocycles. The average Bonchev–Trinajstić information content (AvgIpc) is 2.83. The molecule has 84 valence electrons. The van der Waals surface area contributed by atoms with E-state index >= 15 is 0 Å². The molecule has 0 unspecified atom stereocenters. The summed E-state index contributed by atoms with van der Waals surface area (Å²) in [6, 6.07) is 16.1. The zero-order valence-electron chi connectivity index (χ0n) is 9.51. The molecule has 0 saturated carbocycles. The fraction of sp³-hybridized carbons (Fsp3) is 0.0667. The molecule has 0 radical (unpaired) electrons. The summed E-state index contributed by atoms with van der Waals surface area (Å²) < 4.78 is 10.9. The fourth-order valence-corrected chi connectivity index (χ4v) is 2.03. The summed E-state index contributed by atoms with van der Waals surface area (Å²) in [7, 11) is 1.65. The SMILES string of the molecule is COc1cccc2c(-c3ccccc3)coc12. The van der Waals surface area contributed by atoms with E-state index in [1.807, 2.05) is 36.4 Å². The van der Waals surface area contributed by atoms with Crippen molar-refractivity contribution in [1.29, 1.82) is 0 Å². The number of benzene rings is 2. The van der Waals surface area contributed by atoms with Crippen molar-refractivity contribution in [3.63, 3.8) is 0 Å². The van der Waals surface area contributed by atoms with Gasteiger partial charge in [0.2, 0.25) is 0 Å². The number of furan rings is 1. The number of methoxy groups -OCH3 is 1. The van der Waals surface area contributed by atoms with Gasteiger partial charge < -0.3 is 9.15 Å². The van der Waals surface area contributed by atoms with Crippen molar-refractivity contribution in [3.05, 3.63) is 54.8 Å². The van der Waals surface area contributed by atoms with Crippen LogP contribution in [0, 0.1) is 0 Å². The lowest BCUT2D eigenvalue weighted by Gasteiger charge is -2.00. The Hall–Kier alpha value is -2.22. The number of para-hydroxylation sites is 1. The van der Waals surface area contributed by atoms with Crippen LogP contribution in [0.5, 0.6) is 5.75 Å². The van der Waals surface area contributed by atoms with Gasteiger partial charge in [-0.25, -0.2) is 0 Å². The molecule has 17 heavy (non-hydrogen) atoms. The molecule has 0 fully saturated rings. The molecular formula is C15H12O2. The van der Waals surface area contributed by atoms with Crippen LogP contribution in [0.25, 0.3) is 22.1 Å². The van der Waals surface area contributed by atoms with Crippen LogP contribution >= 0.6 is 0 Å². The summed E-state index contributed by atoms with van der Waals surface area (Å²) in [6.07, 6.45) is 1.78. The Morgan fingerprint density at radius 1 is 0.941 bits per heavy atom.